The quantitative estimate of drug-likeness (QED) is 0.705. The van der Waals surface area contributed by atoms with E-state index in [1.807, 2.05) is 30.3 Å². The molecule has 3 heterocycles. The Labute approximate surface area is 143 Å². The van der Waals surface area contributed by atoms with Crippen LogP contribution in [0.1, 0.15) is 18.4 Å². The van der Waals surface area contributed by atoms with Gasteiger partial charge in [-0.2, -0.15) is 0 Å². The second-order valence-corrected chi connectivity index (χ2v) is 5.82. The largest absolute Gasteiger partial charge is 0.454 e. The molecule has 3 rings (SSSR count). The lowest BCUT2D eigenvalue weighted by Crippen LogP contribution is -2.08. The zero-order valence-electron chi connectivity index (χ0n) is 12.8. The van der Waals surface area contributed by atoms with Crippen LogP contribution >= 0.6 is 15.9 Å². The van der Waals surface area contributed by atoms with Gasteiger partial charge in [0.15, 0.2) is 10.5 Å². The maximum Gasteiger partial charge on any atom is 0.169 e. The lowest BCUT2D eigenvalue weighted by molar-refractivity contribution is 0.491. The van der Waals surface area contributed by atoms with Crippen LogP contribution in [0.4, 0.5) is 5.82 Å². The van der Waals surface area contributed by atoms with Crippen molar-refractivity contribution in [2.24, 2.45) is 0 Å². The second kappa shape index (κ2) is 7.37. The van der Waals surface area contributed by atoms with Crippen molar-refractivity contribution in [3.63, 3.8) is 0 Å². The molecule has 118 valence electrons. The molecule has 0 saturated carbocycles. The molecule has 0 bridgehead atoms. The van der Waals surface area contributed by atoms with Crippen LogP contribution in [0, 0.1) is 0 Å². The minimum absolute atomic E-state index is 0.718. The number of hydrogen-bond acceptors (Lipinski definition) is 5. The third-order valence-corrected chi connectivity index (χ3v) is 3.81. The molecule has 0 aromatic carbocycles. The van der Waals surface area contributed by atoms with Gasteiger partial charge in [-0.1, -0.05) is 6.92 Å². The van der Waals surface area contributed by atoms with Crippen LogP contribution in [0.3, 0.4) is 0 Å². The van der Waals surface area contributed by atoms with Gasteiger partial charge in [0, 0.05) is 42.7 Å². The van der Waals surface area contributed by atoms with Crippen molar-refractivity contribution >= 4 is 21.7 Å². The molecule has 6 heteroatoms. The minimum Gasteiger partial charge on any atom is -0.454 e. The average molecular weight is 373 g/mol. The van der Waals surface area contributed by atoms with Crippen molar-refractivity contribution in [3.8, 4) is 11.4 Å². The first kappa shape index (κ1) is 15.7. The fourth-order valence-electron chi connectivity index (χ4n) is 2.20. The van der Waals surface area contributed by atoms with Gasteiger partial charge >= 0.3 is 0 Å². The van der Waals surface area contributed by atoms with Crippen LogP contribution < -0.4 is 5.32 Å². The number of hydrogen-bond donors (Lipinski definition) is 1. The highest BCUT2D eigenvalue weighted by Crippen LogP contribution is 2.18. The molecular weight excluding hydrogens is 356 g/mol. The van der Waals surface area contributed by atoms with Crippen molar-refractivity contribution in [3.05, 3.63) is 58.8 Å². The van der Waals surface area contributed by atoms with E-state index in [2.05, 4.69) is 43.1 Å². The first-order chi connectivity index (χ1) is 11.2. The van der Waals surface area contributed by atoms with Gasteiger partial charge in [-0.15, -0.1) is 0 Å². The summed E-state index contributed by atoms with van der Waals surface area (Å²) in [7, 11) is 0. The third kappa shape index (κ3) is 4.16. The topological polar surface area (TPSA) is 63.8 Å². The summed E-state index contributed by atoms with van der Waals surface area (Å²) in [5.74, 6) is 2.48. The maximum absolute atomic E-state index is 5.50. The zero-order valence-corrected chi connectivity index (χ0v) is 14.4. The van der Waals surface area contributed by atoms with Crippen LogP contribution in [0.2, 0.25) is 0 Å². The number of pyridine rings is 1. The standard InChI is InChI=1S/C17H17BrN4O/c1-2-13-11-16(20-10-7-14-3-4-15(18)23-14)22-17(21-13)12-5-8-19-9-6-12/h3-6,8-9,11H,2,7,10H2,1H3,(H,20,21,22). The molecule has 5 nitrogen and oxygen atoms in total. The molecule has 3 aromatic rings. The average Bonchev–Trinajstić information content (AvgIpc) is 3.00. The van der Waals surface area contributed by atoms with Gasteiger partial charge in [0.05, 0.1) is 0 Å². The van der Waals surface area contributed by atoms with E-state index in [1.54, 1.807) is 12.4 Å². The van der Waals surface area contributed by atoms with E-state index in [9.17, 15) is 0 Å². The van der Waals surface area contributed by atoms with E-state index in [0.29, 0.717) is 0 Å². The van der Waals surface area contributed by atoms with Crippen molar-refractivity contribution in [1.29, 1.82) is 0 Å². The molecule has 0 saturated heterocycles. The first-order valence-corrected chi connectivity index (χ1v) is 8.30. The Kier molecular flexibility index (Phi) is 5.02. The number of nitrogens with zero attached hydrogens (tertiary/aromatic N) is 3. The number of rotatable bonds is 6. The van der Waals surface area contributed by atoms with Crippen LogP contribution in [0.25, 0.3) is 11.4 Å². The van der Waals surface area contributed by atoms with Crippen LogP contribution in [0.5, 0.6) is 0 Å². The van der Waals surface area contributed by atoms with Gasteiger partial charge in [-0.3, -0.25) is 4.98 Å². The summed E-state index contributed by atoms with van der Waals surface area (Å²) in [5.41, 5.74) is 1.98. The predicted octanol–water partition coefficient (Wildman–Crippen LogP) is 4.11. The van der Waals surface area contributed by atoms with Gasteiger partial charge in [-0.25, -0.2) is 9.97 Å². The Bertz CT molecular complexity index is 773. The number of aryl methyl sites for hydroxylation is 1. The highest BCUT2D eigenvalue weighted by molar-refractivity contribution is 9.10. The molecule has 0 fully saturated rings. The molecule has 23 heavy (non-hydrogen) atoms. The summed E-state index contributed by atoms with van der Waals surface area (Å²) in [5, 5.41) is 3.35. The monoisotopic (exact) mass is 372 g/mol. The van der Waals surface area contributed by atoms with E-state index in [1.165, 1.54) is 0 Å². The fraction of sp³-hybridized carbons (Fsp3) is 0.235. The van der Waals surface area contributed by atoms with Gasteiger partial charge < -0.3 is 9.73 Å². The summed E-state index contributed by atoms with van der Waals surface area (Å²) >= 11 is 3.31. The number of halogens is 1. The molecule has 0 unspecified atom stereocenters. The SMILES string of the molecule is CCc1cc(NCCc2ccc(Br)o2)nc(-c2ccncc2)n1. The molecule has 1 N–H and O–H groups in total. The summed E-state index contributed by atoms with van der Waals surface area (Å²) in [6.07, 6.45) is 5.15. The number of furan rings is 1. The van der Waals surface area contributed by atoms with Crippen LogP contribution in [-0.4, -0.2) is 21.5 Å². The van der Waals surface area contributed by atoms with Gasteiger partial charge in [0.1, 0.15) is 11.6 Å². The summed E-state index contributed by atoms with van der Waals surface area (Å²) in [6.45, 7) is 2.83. The molecule has 0 amide bonds. The molecule has 0 atom stereocenters. The highest BCUT2D eigenvalue weighted by Gasteiger charge is 2.06. The Morgan fingerprint density at radius 3 is 2.65 bits per heavy atom. The maximum atomic E-state index is 5.50. The Morgan fingerprint density at radius 2 is 1.96 bits per heavy atom. The molecule has 0 radical (unpaired) electrons. The summed E-state index contributed by atoms with van der Waals surface area (Å²) in [6, 6.07) is 9.68. The number of anilines is 1. The first-order valence-electron chi connectivity index (χ1n) is 7.51. The Morgan fingerprint density at radius 1 is 1.13 bits per heavy atom. The Balaban J connectivity index is 1.73. The molecule has 3 aromatic heterocycles. The van der Waals surface area contributed by atoms with E-state index >= 15 is 0 Å². The lowest BCUT2D eigenvalue weighted by atomic mass is 10.2. The van der Waals surface area contributed by atoms with Crippen molar-refractivity contribution < 1.29 is 4.42 Å². The van der Waals surface area contributed by atoms with E-state index < -0.39 is 0 Å². The molecule has 0 aliphatic rings. The molecule has 0 aliphatic carbocycles. The van der Waals surface area contributed by atoms with E-state index in [4.69, 9.17) is 4.42 Å². The Hall–Kier alpha value is -2.21. The van der Waals surface area contributed by atoms with E-state index in [-0.39, 0.29) is 0 Å². The van der Waals surface area contributed by atoms with Crippen LogP contribution in [-0.2, 0) is 12.8 Å². The summed E-state index contributed by atoms with van der Waals surface area (Å²) < 4.78 is 6.25. The smallest absolute Gasteiger partial charge is 0.169 e. The number of aromatic nitrogens is 3. The third-order valence-electron chi connectivity index (χ3n) is 3.39. The molecule has 0 spiro atoms. The second-order valence-electron chi connectivity index (χ2n) is 5.04. The van der Waals surface area contributed by atoms with Crippen molar-refractivity contribution in [2.75, 3.05) is 11.9 Å². The zero-order chi connectivity index (χ0) is 16.1. The normalized spacial score (nSPS) is 10.7. The fourth-order valence-corrected chi connectivity index (χ4v) is 2.54. The summed E-state index contributed by atoms with van der Waals surface area (Å²) in [4.78, 5) is 13.2. The van der Waals surface area contributed by atoms with Gasteiger partial charge in [-0.05, 0) is 46.6 Å². The molecular formula is C17H17BrN4O. The predicted molar refractivity (Wildman–Crippen MR) is 93.2 cm³/mol. The van der Waals surface area contributed by atoms with E-state index in [0.717, 1.165) is 52.7 Å². The van der Waals surface area contributed by atoms with Gasteiger partial charge in [0.25, 0.3) is 0 Å². The minimum atomic E-state index is 0.718. The highest BCUT2D eigenvalue weighted by atomic mass is 79.9. The van der Waals surface area contributed by atoms with Crippen LogP contribution in [0.15, 0.2) is 51.8 Å². The lowest BCUT2D eigenvalue weighted by Gasteiger charge is -2.09. The van der Waals surface area contributed by atoms with Crippen molar-refractivity contribution in [2.45, 2.75) is 19.8 Å². The van der Waals surface area contributed by atoms with Crippen molar-refractivity contribution in [1.82, 2.24) is 15.0 Å². The van der Waals surface area contributed by atoms with Gasteiger partial charge in [0.2, 0.25) is 0 Å². The molecule has 0 aliphatic heterocycles. The number of nitrogens with one attached hydrogen (secondary N) is 1.